The molecular formula is C18H23N3O2S. The molecule has 0 bridgehead atoms. The van der Waals surface area contributed by atoms with Gasteiger partial charge in [0.1, 0.15) is 11.4 Å². The predicted octanol–water partition coefficient (Wildman–Crippen LogP) is 3.16. The van der Waals surface area contributed by atoms with Gasteiger partial charge in [-0.3, -0.25) is 4.79 Å². The Bertz CT molecular complexity index is 729. The number of benzene rings is 1. The van der Waals surface area contributed by atoms with Crippen molar-refractivity contribution in [2.24, 2.45) is 0 Å². The van der Waals surface area contributed by atoms with Gasteiger partial charge in [-0.15, -0.1) is 0 Å². The molecule has 1 aromatic carbocycles. The molecular weight excluding hydrogens is 322 g/mol. The van der Waals surface area contributed by atoms with Gasteiger partial charge in [0, 0.05) is 18.3 Å². The lowest BCUT2D eigenvalue weighted by molar-refractivity contribution is 0.0705. The summed E-state index contributed by atoms with van der Waals surface area (Å²) in [5, 5.41) is 4.44. The number of para-hydroxylation sites is 2. The fraction of sp³-hybridized carbons (Fsp3) is 0.444. The summed E-state index contributed by atoms with van der Waals surface area (Å²) >= 11 is 1.92. The van der Waals surface area contributed by atoms with Crippen LogP contribution in [0.15, 0.2) is 30.5 Å². The highest BCUT2D eigenvalue weighted by Crippen LogP contribution is 2.25. The van der Waals surface area contributed by atoms with Gasteiger partial charge >= 0.3 is 0 Å². The number of ether oxygens (including phenoxy) is 1. The van der Waals surface area contributed by atoms with Gasteiger partial charge in [-0.05, 0) is 38.2 Å². The van der Waals surface area contributed by atoms with Crippen molar-refractivity contribution >= 4 is 17.7 Å². The second-order valence-corrected chi connectivity index (χ2v) is 7.20. The van der Waals surface area contributed by atoms with E-state index in [1.807, 2.05) is 47.9 Å². The van der Waals surface area contributed by atoms with Crippen LogP contribution in [-0.4, -0.2) is 51.8 Å². The zero-order chi connectivity index (χ0) is 17.1. The van der Waals surface area contributed by atoms with Crippen LogP contribution in [0.1, 0.15) is 29.4 Å². The highest BCUT2D eigenvalue weighted by Gasteiger charge is 2.26. The lowest BCUT2D eigenvalue weighted by atomic mass is 10.1. The lowest BCUT2D eigenvalue weighted by Crippen LogP contribution is -2.39. The van der Waals surface area contributed by atoms with Crippen LogP contribution in [0.4, 0.5) is 0 Å². The van der Waals surface area contributed by atoms with Crippen molar-refractivity contribution in [2.45, 2.75) is 26.3 Å². The van der Waals surface area contributed by atoms with Gasteiger partial charge in [-0.2, -0.15) is 16.9 Å². The van der Waals surface area contributed by atoms with Gasteiger partial charge in [0.25, 0.3) is 5.91 Å². The number of hydrogen-bond donors (Lipinski definition) is 0. The number of carbonyl (C=O) groups excluding carboxylic acids is 1. The first-order chi connectivity index (χ1) is 11.6. The molecule has 5 nitrogen and oxygen atoms in total. The van der Waals surface area contributed by atoms with Gasteiger partial charge in [-0.25, -0.2) is 4.68 Å². The normalized spacial score (nSPS) is 18.3. The fourth-order valence-corrected chi connectivity index (χ4v) is 4.06. The maximum atomic E-state index is 13.0. The van der Waals surface area contributed by atoms with E-state index in [1.165, 1.54) is 0 Å². The van der Waals surface area contributed by atoms with Crippen molar-refractivity contribution in [3.05, 3.63) is 41.7 Å². The van der Waals surface area contributed by atoms with Crippen LogP contribution in [0.2, 0.25) is 0 Å². The third-order valence-corrected chi connectivity index (χ3v) is 5.50. The van der Waals surface area contributed by atoms with Crippen LogP contribution in [-0.2, 0) is 0 Å². The van der Waals surface area contributed by atoms with Crippen molar-refractivity contribution < 1.29 is 9.53 Å². The largest absolute Gasteiger partial charge is 0.494 e. The summed E-state index contributed by atoms with van der Waals surface area (Å²) in [6, 6.07) is 7.96. The average Bonchev–Trinajstić information content (AvgIpc) is 2.84. The van der Waals surface area contributed by atoms with Crippen molar-refractivity contribution in [2.75, 3.05) is 25.2 Å². The molecule has 0 aliphatic carbocycles. The zero-order valence-electron chi connectivity index (χ0n) is 14.4. The Balaban J connectivity index is 1.93. The Labute approximate surface area is 147 Å². The summed E-state index contributed by atoms with van der Waals surface area (Å²) in [5.41, 5.74) is 2.35. The third kappa shape index (κ3) is 3.15. The Morgan fingerprint density at radius 2 is 2.12 bits per heavy atom. The van der Waals surface area contributed by atoms with Crippen LogP contribution in [0.25, 0.3) is 5.69 Å². The minimum absolute atomic E-state index is 0.0728. The number of amides is 1. The van der Waals surface area contributed by atoms with E-state index in [2.05, 4.69) is 12.0 Å². The van der Waals surface area contributed by atoms with E-state index in [0.717, 1.165) is 41.6 Å². The van der Waals surface area contributed by atoms with E-state index >= 15 is 0 Å². The SMILES string of the molecule is COc1ccccc1-n1ncc(C(=O)N2CCSCC[C@H]2C)c1C. The molecule has 1 aromatic heterocycles. The minimum Gasteiger partial charge on any atom is -0.494 e. The van der Waals surface area contributed by atoms with Gasteiger partial charge in [-0.1, -0.05) is 12.1 Å². The Morgan fingerprint density at radius 1 is 1.33 bits per heavy atom. The lowest BCUT2D eigenvalue weighted by Gasteiger charge is -2.26. The van der Waals surface area contributed by atoms with Gasteiger partial charge < -0.3 is 9.64 Å². The molecule has 0 unspecified atom stereocenters. The first kappa shape index (κ1) is 16.9. The summed E-state index contributed by atoms with van der Waals surface area (Å²) in [7, 11) is 1.64. The van der Waals surface area contributed by atoms with Crippen LogP contribution in [0.3, 0.4) is 0 Å². The number of aromatic nitrogens is 2. The Morgan fingerprint density at radius 3 is 2.92 bits per heavy atom. The van der Waals surface area contributed by atoms with Crippen molar-refractivity contribution in [3.63, 3.8) is 0 Å². The molecule has 1 fully saturated rings. The molecule has 2 heterocycles. The van der Waals surface area contributed by atoms with Crippen molar-refractivity contribution in [3.8, 4) is 11.4 Å². The topological polar surface area (TPSA) is 47.4 Å². The number of hydrogen-bond acceptors (Lipinski definition) is 4. The third-order valence-electron chi connectivity index (χ3n) is 4.50. The van der Waals surface area contributed by atoms with Crippen molar-refractivity contribution in [1.29, 1.82) is 0 Å². The zero-order valence-corrected chi connectivity index (χ0v) is 15.2. The van der Waals surface area contributed by atoms with Crippen molar-refractivity contribution in [1.82, 2.24) is 14.7 Å². The number of rotatable bonds is 3. The van der Waals surface area contributed by atoms with E-state index in [9.17, 15) is 4.79 Å². The summed E-state index contributed by atoms with van der Waals surface area (Å²) < 4.78 is 7.20. The second-order valence-electron chi connectivity index (χ2n) is 5.98. The molecule has 2 aromatic rings. The maximum absolute atomic E-state index is 13.0. The first-order valence-electron chi connectivity index (χ1n) is 8.20. The van der Waals surface area contributed by atoms with E-state index < -0.39 is 0 Å². The van der Waals surface area contributed by atoms with E-state index in [0.29, 0.717) is 5.56 Å². The first-order valence-corrected chi connectivity index (χ1v) is 9.35. The molecule has 1 saturated heterocycles. The van der Waals surface area contributed by atoms with Gasteiger partial charge in [0.15, 0.2) is 0 Å². The molecule has 1 atom stereocenters. The summed E-state index contributed by atoms with van der Waals surface area (Å²) in [6.45, 7) is 4.86. The molecule has 24 heavy (non-hydrogen) atoms. The number of methoxy groups -OCH3 is 1. The van der Waals surface area contributed by atoms with Crippen LogP contribution in [0, 0.1) is 6.92 Å². The average molecular weight is 345 g/mol. The molecule has 1 aliphatic rings. The molecule has 0 radical (unpaired) electrons. The van der Waals surface area contributed by atoms with Gasteiger partial charge in [0.2, 0.25) is 0 Å². The number of nitrogens with zero attached hydrogens (tertiary/aromatic N) is 3. The molecule has 6 heteroatoms. The van der Waals surface area contributed by atoms with Crippen LogP contribution >= 0.6 is 11.8 Å². The van der Waals surface area contributed by atoms with E-state index in [-0.39, 0.29) is 11.9 Å². The van der Waals surface area contributed by atoms with E-state index in [4.69, 9.17) is 4.74 Å². The monoisotopic (exact) mass is 345 g/mol. The Hall–Kier alpha value is -1.95. The minimum atomic E-state index is 0.0728. The molecule has 3 rings (SSSR count). The number of carbonyl (C=O) groups is 1. The van der Waals surface area contributed by atoms with Crippen LogP contribution < -0.4 is 4.74 Å². The maximum Gasteiger partial charge on any atom is 0.257 e. The second kappa shape index (κ2) is 7.30. The molecule has 0 N–H and O–H groups in total. The van der Waals surface area contributed by atoms with Crippen LogP contribution in [0.5, 0.6) is 5.75 Å². The standard InChI is InChI=1S/C18H23N3O2S/c1-13-8-10-24-11-9-20(13)18(22)15-12-19-21(14(15)2)16-6-4-5-7-17(16)23-3/h4-7,12-13H,8-11H2,1-3H3/t13-/m1/s1. The quantitative estimate of drug-likeness (QED) is 0.857. The highest BCUT2D eigenvalue weighted by molar-refractivity contribution is 7.99. The van der Waals surface area contributed by atoms with Gasteiger partial charge in [0.05, 0.1) is 24.6 Å². The molecule has 0 spiro atoms. The highest BCUT2D eigenvalue weighted by atomic mass is 32.2. The predicted molar refractivity (Wildman–Crippen MR) is 97.3 cm³/mol. The fourth-order valence-electron chi connectivity index (χ4n) is 3.02. The molecule has 1 aliphatic heterocycles. The van der Waals surface area contributed by atoms with E-state index in [1.54, 1.807) is 18.0 Å². The number of thioether (sulfide) groups is 1. The summed E-state index contributed by atoms with van der Waals surface area (Å²) in [4.78, 5) is 15.0. The molecule has 128 valence electrons. The molecule has 0 saturated carbocycles. The summed E-state index contributed by atoms with van der Waals surface area (Å²) in [6.07, 6.45) is 2.71. The smallest absolute Gasteiger partial charge is 0.257 e. The summed E-state index contributed by atoms with van der Waals surface area (Å²) in [5.74, 6) is 2.92. The molecule has 1 amide bonds. The Kier molecular flexibility index (Phi) is 5.14.